The molecular weight excluding hydrogens is 364 g/mol. The lowest BCUT2D eigenvalue weighted by Crippen LogP contribution is -2.50. The third-order valence-electron chi connectivity index (χ3n) is 6.22. The molecule has 3 aliphatic rings. The number of thioether (sulfide) groups is 1. The second kappa shape index (κ2) is 8.91. The van der Waals surface area contributed by atoms with E-state index in [0.717, 1.165) is 21.9 Å². The fraction of sp³-hybridized carbons (Fsp3) is 0.842. The highest BCUT2D eigenvalue weighted by Crippen LogP contribution is 2.36. The minimum Gasteiger partial charge on any atom is -0.357 e. The SMILES string of the molecule is O=C(CSc1nnc(NC2CCCCC2)s1)N1CCC[C@@H]2CCCC[C@@H]21. The summed E-state index contributed by atoms with van der Waals surface area (Å²) in [6.07, 6.45) is 14.1. The van der Waals surface area contributed by atoms with Gasteiger partial charge in [-0.15, -0.1) is 10.2 Å². The summed E-state index contributed by atoms with van der Waals surface area (Å²) in [4.78, 5) is 15.0. The summed E-state index contributed by atoms with van der Waals surface area (Å²) in [5.41, 5.74) is 0. The highest BCUT2D eigenvalue weighted by molar-refractivity contribution is 8.01. The Balaban J connectivity index is 1.27. The summed E-state index contributed by atoms with van der Waals surface area (Å²) in [7, 11) is 0. The van der Waals surface area contributed by atoms with Crippen molar-refractivity contribution >= 4 is 34.1 Å². The zero-order chi connectivity index (χ0) is 17.8. The topological polar surface area (TPSA) is 58.1 Å². The second-order valence-electron chi connectivity index (χ2n) is 7.98. The van der Waals surface area contributed by atoms with E-state index in [4.69, 9.17) is 0 Å². The van der Waals surface area contributed by atoms with E-state index in [1.54, 1.807) is 23.1 Å². The van der Waals surface area contributed by atoms with Gasteiger partial charge in [0, 0.05) is 18.6 Å². The first kappa shape index (κ1) is 18.5. The van der Waals surface area contributed by atoms with Crippen molar-refractivity contribution in [2.24, 2.45) is 5.92 Å². The number of amides is 1. The van der Waals surface area contributed by atoms with Gasteiger partial charge in [-0.3, -0.25) is 4.79 Å². The minimum absolute atomic E-state index is 0.295. The fourth-order valence-electron chi connectivity index (χ4n) is 4.89. The molecule has 3 fully saturated rings. The van der Waals surface area contributed by atoms with Crippen molar-refractivity contribution in [2.45, 2.75) is 87.1 Å². The zero-order valence-corrected chi connectivity index (χ0v) is 17.1. The number of carbonyl (C=O) groups excluding carboxylic acids is 1. The van der Waals surface area contributed by atoms with Crippen LogP contribution in [0.5, 0.6) is 0 Å². The summed E-state index contributed by atoms with van der Waals surface area (Å²) in [5, 5.41) is 13.0. The Bertz CT molecular complexity index is 600. The van der Waals surface area contributed by atoms with E-state index in [1.807, 2.05) is 0 Å². The maximum atomic E-state index is 12.8. The molecule has 2 heterocycles. The fourth-order valence-corrected chi connectivity index (χ4v) is 6.60. The second-order valence-corrected chi connectivity index (χ2v) is 10.2. The van der Waals surface area contributed by atoms with Crippen LogP contribution in [0.25, 0.3) is 0 Å². The number of piperidine rings is 1. The molecule has 2 saturated carbocycles. The number of hydrogen-bond acceptors (Lipinski definition) is 6. The van der Waals surface area contributed by atoms with Crippen LogP contribution in [0, 0.1) is 5.92 Å². The monoisotopic (exact) mass is 394 g/mol. The van der Waals surface area contributed by atoms with E-state index in [1.165, 1.54) is 70.6 Å². The number of carbonyl (C=O) groups is 1. The molecule has 0 bridgehead atoms. The molecule has 1 aromatic heterocycles. The van der Waals surface area contributed by atoms with Crippen LogP contribution in [0.2, 0.25) is 0 Å². The Labute approximate surface area is 164 Å². The van der Waals surface area contributed by atoms with E-state index in [-0.39, 0.29) is 0 Å². The third kappa shape index (κ3) is 4.53. The Hall–Kier alpha value is -0.820. The van der Waals surface area contributed by atoms with Crippen molar-refractivity contribution in [2.75, 3.05) is 17.6 Å². The molecule has 1 aliphatic heterocycles. The molecule has 4 rings (SSSR count). The van der Waals surface area contributed by atoms with Gasteiger partial charge >= 0.3 is 0 Å². The molecule has 5 nitrogen and oxygen atoms in total. The zero-order valence-electron chi connectivity index (χ0n) is 15.5. The number of likely N-dealkylation sites (tertiary alicyclic amines) is 1. The molecule has 1 N–H and O–H groups in total. The Kier molecular flexibility index (Phi) is 6.36. The molecule has 0 radical (unpaired) electrons. The number of fused-ring (bicyclic) bond motifs is 1. The molecule has 0 aromatic carbocycles. The number of nitrogens with one attached hydrogen (secondary N) is 1. The Morgan fingerprint density at radius 2 is 1.81 bits per heavy atom. The van der Waals surface area contributed by atoms with Crippen LogP contribution in [0.3, 0.4) is 0 Å². The third-order valence-corrected chi connectivity index (χ3v) is 8.19. The number of aromatic nitrogens is 2. The van der Waals surface area contributed by atoms with Crippen molar-refractivity contribution in [3.8, 4) is 0 Å². The number of nitrogens with zero attached hydrogens (tertiary/aromatic N) is 3. The maximum absolute atomic E-state index is 12.8. The molecule has 0 unspecified atom stereocenters. The lowest BCUT2D eigenvalue weighted by Gasteiger charge is -2.44. The summed E-state index contributed by atoms with van der Waals surface area (Å²) >= 11 is 3.15. The first-order chi connectivity index (χ1) is 12.8. The van der Waals surface area contributed by atoms with E-state index in [9.17, 15) is 4.79 Å². The molecule has 2 aliphatic carbocycles. The molecule has 1 saturated heterocycles. The number of anilines is 1. The Morgan fingerprint density at radius 3 is 2.69 bits per heavy atom. The molecule has 1 aromatic rings. The van der Waals surface area contributed by atoms with Crippen molar-refractivity contribution in [3.63, 3.8) is 0 Å². The molecule has 144 valence electrons. The van der Waals surface area contributed by atoms with Crippen LogP contribution in [0.15, 0.2) is 4.34 Å². The molecule has 7 heteroatoms. The molecular formula is C19H30N4OS2. The van der Waals surface area contributed by atoms with Gasteiger partial charge < -0.3 is 10.2 Å². The molecule has 1 amide bonds. The van der Waals surface area contributed by atoms with Crippen LogP contribution < -0.4 is 5.32 Å². The lowest BCUT2D eigenvalue weighted by molar-refractivity contribution is -0.134. The summed E-state index contributed by atoms with van der Waals surface area (Å²) < 4.78 is 0.911. The van der Waals surface area contributed by atoms with Gasteiger partial charge in [-0.25, -0.2) is 0 Å². The average Bonchev–Trinajstić information content (AvgIpc) is 3.14. The summed E-state index contributed by atoms with van der Waals surface area (Å²) in [6.45, 7) is 0.950. The van der Waals surface area contributed by atoms with Gasteiger partial charge in [-0.05, 0) is 44.4 Å². The van der Waals surface area contributed by atoms with E-state index < -0.39 is 0 Å². The molecule has 0 spiro atoms. The maximum Gasteiger partial charge on any atom is 0.233 e. The van der Waals surface area contributed by atoms with E-state index >= 15 is 0 Å². The Morgan fingerprint density at radius 1 is 1.04 bits per heavy atom. The van der Waals surface area contributed by atoms with Gasteiger partial charge in [0.25, 0.3) is 0 Å². The molecule has 26 heavy (non-hydrogen) atoms. The smallest absolute Gasteiger partial charge is 0.233 e. The summed E-state index contributed by atoms with van der Waals surface area (Å²) in [6, 6.07) is 1.05. The standard InChI is InChI=1S/C19H30N4OS2/c24-17(23-12-6-8-14-7-4-5-11-16(14)23)13-25-19-22-21-18(26-19)20-15-9-2-1-3-10-15/h14-16H,1-13H2,(H,20,21)/t14-,16-/m0/s1. The van der Waals surface area contributed by atoms with Crippen LogP contribution in [0.4, 0.5) is 5.13 Å². The number of hydrogen-bond donors (Lipinski definition) is 1. The first-order valence-electron chi connectivity index (χ1n) is 10.3. The number of rotatable bonds is 5. The quantitative estimate of drug-likeness (QED) is 0.742. The van der Waals surface area contributed by atoms with Crippen LogP contribution >= 0.6 is 23.1 Å². The first-order valence-corrected chi connectivity index (χ1v) is 12.1. The average molecular weight is 395 g/mol. The molecule has 2 atom stereocenters. The van der Waals surface area contributed by atoms with Crippen molar-refractivity contribution in [1.82, 2.24) is 15.1 Å². The van der Waals surface area contributed by atoms with Crippen LogP contribution in [-0.4, -0.2) is 45.4 Å². The van der Waals surface area contributed by atoms with Gasteiger partial charge in [-0.1, -0.05) is 55.2 Å². The van der Waals surface area contributed by atoms with Crippen molar-refractivity contribution in [1.29, 1.82) is 0 Å². The largest absolute Gasteiger partial charge is 0.357 e. The van der Waals surface area contributed by atoms with Crippen molar-refractivity contribution < 1.29 is 4.79 Å². The predicted octanol–water partition coefficient (Wildman–Crippen LogP) is 4.56. The van der Waals surface area contributed by atoms with Crippen LogP contribution in [0.1, 0.15) is 70.6 Å². The highest BCUT2D eigenvalue weighted by Gasteiger charge is 2.35. The summed E-state index contributed by atoms with van der Waals surface area (Å²) in [5.74, 6) is 1.55. The van der Waals surface area contributed by atoms with Gasteiger partial charge in [0.1, 0.15) is 0 Å². The lowest BCUT2D eigenvalue weighted by atomic mass is 9.78. The van der Waals surface area contributed by atoms with Crippen LogP contribution in [-0.2, 0) is 4.79 Å². The van der Waals surface area contributed by atoms with Gasteiger partial charge in [0.2, 0.25) is 11.0 Å². The van der Waals surface area contributed by atoms with Gasteiger partial charge in [-0.2, -0.15) is 0 Å². The van der Waals surface area contributed by atoms with E-state index in [2.05, 4.69) is 20.4 Å². The van der Waals surface area contributed by atoms with Gasteiger partial charge in [0.15, 0.2) is 4.34 Å². The minimum atomic E-state index is 0.295. The normalized spacial score (nSPS) is 27.2. The van der Waals surface area contributed by atoms with Gasteiger partial charge in [0.05, 0.1) is 5.75 Å². The highest BCUT2D eigenvalue weighted by atomic mass is 32.2. The van der Waals surface area contributed by atoms with E-state index in [0.29, 0.717) is 23.7 Å². The van der Waals surface area contributed by atoms with Crippen molar-refractivity contribution in [3.05, 3.63) is 0 Å². The predicted molar refractivity (Wildman–Crippen MR) is 108 cm³/mol.